The largest absolute Gasteiger partial charge is 0.345 e. The van der Waals surface area contributed by atoms with Crippen molar-refractivity contribution >= 4 is 40.3 Å². The van der Waals surface area contributed by atoms with Gasteiger partial charge in [0, 0.05) is 4.90 Å². The van der Waals surface area contributed by atoms with Gasteiger partial charge in [0.1, 0.15) is 5.82 Å². The Bertz CT molecular complexity index is 798. The van der Waals surface area contributed by atoms with Gasteiger partial charge in [-0.2, -0.15) is 0 Å². The third kappa shape index (κ3) is 3.10. The van der Waals surface area contributed by atoms with Crippen molar-refractivity contribution in [1.29, 1.82) is 0 Å². The van der Waals surface area contributed by atoms with Gasteiger partial charge in [-0.05, 0) is 36.6 Å². The predicted octanol–water partition coefficient (Wildman–Crippen LogP) is 3.87. The molecular weight excluding hydrogens is 318 g/mol. The normalized spacial score (nSPS) is 10.8. The van der Waals surface area contributed by atoms with Gasteiger partial charge < -0.3 is 10.3 Å². The molecule has 0 fully saturated rings. The molecule has 1 heterocycles. The molecule has 3 rings (SSSR count). The average molecular weight is 332 g/mol. The Balaban J connectivity index is 1.74. The number of nitrogens with zero attached hydrogens (tertiary/aromatic N) is 1. The first kappa shape index (κ1) is 14.9. The van der Waals surface area contributed by atoms with Crippen LogP contribution < -0.4 is 5.32 Å². The zero-order valence-electron chi connectivity index (χ0n) is 11.9. The third-order valence-corrected chi connectivity index (χ3v) is 4.33. The Morgan fingerprint density at radius 1 is 1.32 bits per heavy atom. The molecule has 22 heavy (non-hydrogen) atoms. The van der Waals surface area contributed by atoms with E-state index in [-0.39, 0.29) is 5.91 Å². The maximum atomic E-state index is 12.3. The summed E-state index contributed by atoms with van der Waals surface area (Å²) in [7, 11) is 0. The fourth-order valence-electron chi connectivity index (χ4n) is 2.15. The fraction of sp³-hybridized carbons (Fsp3) is 0.125. The Morgan fingerprint density at radius 3 is 2.91 bits per heavy atom. The molecule has 4 nitrogen and oxygen atoms in total. The number of imidazole rings is 1. The number of fused-ring (bicyclic) bond motifs is 1. The standard InChI is InChI=1S/C16H14ClN3OS/c1-22-10-6-7-12(17)11(8-10)16(21)18-9-15-19-13-4-2-3-5-14(13)20-15/h2-8H,9H2,1H3,(H,18,21)(H,19,20). The van der Waals surface area contributed by atoms with E-state index in [2.05, 4.69) is 15.3 Å². The summed E-state index contributed by atoms with van der Waals surface area (Å²) in [6.07, 6.45) is 1.96. The number of hydrogen-bond donors (Lipinski definition) is 2. The minimum Gasteiger partial charge on any atom is -0.345 e. The van der Waals surface area contributed by atoms with Crippen molar-refractivity contribution in [2.24, 2.45) is 0 Å². The highest BCUT2D eigenvalue weighted by Gasteiger charge is 2.12. The molecule has 1 aromatic heterocycles. The molecule has 0 atom stereocenters. The van der Waals surface area contributed by atoms with Gasteiger partial charge in [0.2, 0.25) is 0 Å². The first-order chi connectivity index (χ1) is 10.7. The number of nitrogens with one attached hydrogen (secondary N) is 2. The van der Waals surface area contributed by atoms with Crippen molar-refractivity contribution in [2.45, 2.75) is 11.4 Å². The lowest BCUT2D eigenvalue weighted by molar-refractivity contribution is 0.0950. The number of amides is 1. The number of carbonyl (C=O) groups is 1. The van der Waals surface area contributed by atoms with Crippen molar-refractivity contribution in [2.75, 3.05) is 6.26 Å². The number of hydrogen-bond acceptors (Lipinski definition) is 3. The summed E-state index contributed by atoms with van der Waals surface area (Å²) < 4.78 is 0. The number of rotatable bonds is 4. The number of thioether (sulfide) groups is 1. The van der Waals surface area contributed by atoms with E-state index in [9.17, 15) is 4.79 Å². The van der Waals surface area contributed by atoms with Crippen molar-refractivity contribution in [1.82, 2.24) is 15.3 Å². The summed E-state index contributed by atoms with van der Waals surface area (Å²) in [5, 5.41) is 3.29. The van der Waals surface area contributed by atoms with Crippen molar-refractivity contribution in [3.8, 4) is 0 Å². The van der Waals surface area contributed by atoms with Gasteiger partial charge in [-0.1, -0.05) is 23.7 Å². The molecule has 0 saturated heterocycles. The number of aromatic nitrogens is 2. The SMILES string of the molecule is CSc1ccc(Cl)c(C(=O)NCc2nc3ccccc3[nH]2)c1. The molecule has 0 saturated carbocycles. The molecular formula is C16H14ClN3OS. The summed E-state index contributed by atoms with van der Waals surface area (Å²) in [6, 6.07) is 13.2. The minimum absolute atomic E-state index is 0.207. The summed E-state index contributed by atoms with van der Waals surface area (Å²) in [6.45, 7) is 0.327. The van der Waals surface area contributed by atoms with Crippen LogP contribution in [0.15, 0.2) is 47.4 Å². The molecule has 0 spiro atoms. The number of H-pyrrole nitrogens is 1. The maximum Gasteiger partial charge on any atom is 0.253 e. The van der Waals surface area contributed by atoms with Crippen molar-refractivity contribution in [3.63, 3.8) is 0 Å². The zero-order chi connectivity index (χ0) is 15.5. The van der Waals surface area contributed by atoms with E-state index in [1.807, 2.05) is 36.6 Å². The van der Waals surface area contributed by atoms with E-state index < -0.39 is 0 Å². The van der Waals surface area contributed by atoms with E-state index in [0.29, 0.717) is 23.0 Å². The van der Waals surface area contributed by atoms with Crippen LogP contribution in [-0.4, -0.2) is 22.1 Å². The second-order valence-corrected chi connectivity index (χ2v) is 6.02. The summed E-state index contributed by atoms with van der Waals surface area (Å²) in [4.78, 5) is 20.9. The van der Waals surface area contributed by atoms with E-state index in [0.717, 1.165) is 15.9 Å². The van der Waals surface area contributed by atoms with Gasteiger partial charge in [-0.15, -0.1) is 11.8 Å². The number of para-hydroxylation sites is 2. The van der Waals surface area contributed by atoms with E-state index in [1.54, 1.807) is 23.9 Å². The first-order valence-electron chi connectivity index (χ1n) is 6.73. The first-order valence-corrected chi connectivity index (χ1v) is 8.33. The van der Waals surface area contributed by atoms with Gasteiger partial charge in [0.05, 0.1) is 28.2 Å². The molecule has 0 bridgehead atoms. The number of carbonyl (C=O) groups excluding carboxylic acids is 1. The molecule has 2 aromatic carbocycles. The maximum absolute atomic E-state index is 12.3. The lowest BCUT2D eigenvalue weighted by Gasteiger charge is -2.07. The molecule has 0 aliphatic carbocycles. The van der Waals surface area contributed by atoms with Crippen LogP contribution in [0.2, 0.25) is 5.02 Å². The Morgan fingerprint density at radius 2 is 2.14 bits per heavy atom. The molecule has 0 aliphatic rings. The van der Waals surface area contributed by atoms with Gasteiger partial charge in [0.15, 0.2) is 0 Å². The highest BCUT2D eigenvalue weighted by molar-refractivity contribution is 7.98. The number of aromatic amines is 1. The molecule has 2 N–H and O–H groups in total. The predicted molar refractivity (Wildman–Crippen MR) is 90.5 cm³/mol. The fourth-order valence-corrected chi connectivity index (χ4v) is 2.80. The number of halogens is 1. The van der Waals surface area contributed by atoms with Crippen molar-refractivity contribution < 1.29 is 4.79 Å². The topological polar surface area (TPSA) is 57.8 Å². The molecule has 0 unspecified atom stereocenters. The van der Waals surface area contributed by atoms with Crippen LogP contribution in [0.1, 0.15) is 16.2 Å². The van der Waals surface area contributed by atoms with Gasteiger partial charge >= 0.3 is 0 Å². The van der Waals surface area contributed by atoms with Crippen LogP contribution in [-0.2, 0) is 6.54 Å². The smallest absolute Gasteiger partial charge is 0.253 e. The second kappa shape index (κ2) is 6.42. The molecule has 112 valence electrons. The molecule has 0 radical (unpaired) electrons. The summed E-state index contributed by atoms with van der Waals surface area (Å²) in [5.74, 6) is 0.507. The lowest BCUT2D eigenvalue weighted by atomic mass is 10.2. The number of benzene rings is 2. The Labute approximate surface area is 137 Å². The van der Waals surface area contributed by atoms with Crippen LogP contribution in [0.4, 0.5) is 0 Å². The quantitative estimate of drug-likeness (QED) is 0.713. The second-order valence-electron chi connectivity index (χ2n) is 4.73. The van der Waals surface area contributed by atoms with Crippen LogP contribution in [0.5, 0.6) is 0 Å². The van der Waals surface area contributed by atoms with E-state index in [4.69, 9.17) is 11.6 Å². The van der Waals surface area contributed by atoms with Crippen molar-refractivity contribution in [3.05, 3.63) is 58.9 Å². The highest BCUT2D eigenvalue weighted by Crippen LogP contribution is 2.23. The summed E-state index contributed by atoms with van der Waals surface area (Å²) in [5.41, 5.74) is 2.31. The Hall–Kier alpha value is -1.98. The molecule has 0 aliphatic heterocycles. The Kier molecular flexibility index (Phi) is 4.36. The minimum atomic E-state index is -0.207. The van der Waals surface area contributed by atoms with E-state index in [1.165, 1.54) is 0 Å². The van der Waals surface area contributed by atoms with Crippen LogP contribution >= 0.6 is 23.4 Å². The third-order valence-electron chi connectivity index (χ3n) is 3.27. The average Bonchev–Trinajstić information content (AvgIpc) is 2.96. The lowest BCUT2D eigenvalue weighted by Crippen LogP contribution is -2.23. The van der Waals surface area contributed by atoms with Crippen LogP contribution in [0.25, 0.3) is 11.0 Å². The van der Waals surface area contributed by atoms with Gasteiger partial charge in [0.25, 0.3) is 5.91 Å². The van der Waals surface area contributed by atoms with Gasteiger partial charge in [-0.25, -0.2) is 4.98 Å². The summed E-state index contributed by atoms with van der Waals surface area (Å²) >= 11 is 7.67. The van der Waals surface area contributed by atoms with E-state index >= 15 is 0 Å². The zero-order valence-corrected chi connectivity index (χ0v) is 13.5. The van der Waals surface area contributed by atoms with Gasteiger partial charge in [-0.3, -0.25) is 4.79 Å². The monoisotopic (exact) mass is 331 g/mol. The highest BCUT2D eigenvalue weighted by atomic mass is 35.5. The van der Waals surface area contributed by atoms with Crippen LogP contribution in [0.3, 0.4) is 0 Å². The molecule has 6 heteroatoms. The van der Waals surface area contributed by atoms with Crippen LogP contribution in [0, 0.1) is 0 Å². The molecule has 3 aromatic rings. The molecule has 1 amide bonds.